The molecule has 0 aromatic heterocycles. The van der Waals surface area contributed by atoms with E-state index in [9.17, 15) is 9.59 Å². The van der Waals surface area contributed by atoms with Gasteiger partial charge < -0.3 is 15.3 Å². The van der Waals surface area contributed by atoms with E-state index in [1.54, 1.807) is 4.90 Å². The highest BCUT2D eigenvalue weighted by molar-refractivity contribution is 5.74. The van der Waals surface area contributed by atoms with E-state index in [0.29, 0.717) is 13.1 Å². The number of rotatable bonds is 8. The van der Waals surface area contributed by atoms with Gasteiger partial charge in [0.2, 0.25) is 0 Å². The zero-order valence-corrected chi connectivity index (χ0v) is 15.4. The summed E-state index contributed by atoms with van der Waals surface area (Å²) in [7, 11) is 1.81. The summed E-state index contributed by atoms with van der Waals surface area (Å²) in [5.74, 6) is -0.801. The van der Waals surface area contributed by atoms with Crippen molar-refractivity contribution in [1.82, 2.24) is 15.1 Å². The van der Waals surface area contributed by atoms with Crippen LogP contribution in [0.15, 0.2) is 24.3 Å². The Morgan fingerprint density at radius 1 is 1.28 bits per heavy atom. The van der Waals surface area contributed by atoms with Crippen molar-refractivity contribution >= 4 is 12.0 Å². The Balaban J connectivity index is 1.72. The molecule has 0 saturated heterocycles. The van der Waals surface area contributed by atoms with E-state index in [1.807, 2.05) is 31.0 Å². The van der Waals surface area contributed by atoms with Crippen molar-refractivity contribution in [3.8, 4) is 0 Å². The minimum absolute atomic E-state index is 0.0571. The molecule has 0 radical (unpaired) electrons. The van der Waals surface area contributed by atoms with Crippen molar-refractivity contribution in [3.63, 3.8) is 0 Å². The summed E-state index contributed by atoms with van der Waals surface area (Å²) in [6.07, 6.45) is 2.48. The van der Waals surface area contributed by atoms with Gasteiger partial charge in [-0.3, -0.25) is 9.69 Å². The van der Waals surface area contributed by atoms with Gasteiger partial charge in [-0.1, -0.05) is 31.2 Å². The zero-order chi connectivity index (χ0) is 18.4. The highest BCUT2D eigenvalue weighted by atomic mass is 16.4. The normalized spacial score (nSPS) is 19.4. The summed E-state index contributed by atoms with van der Waals surface area (Å²) < 4.78 is 0. The van der Waals surface area contributed by atoms with Crippen LogP contribution in [-0.4, -0.2) is 65.7 Å². The number of carbonyl (C=O) groups excluding carboxylic acids is 1. The van der Waals surface area contributed by atoms with Crippen LogP contribution in [0.4, 0.5) is 4.79 Å². The van der Waals surface area contributed by atoms with Crippen LogP contribution in [0.25, 0.3) is 0 Å². The Labute approximate surface area is 149 Å². The predicted molar refractivity (Wildman–Crippen MR) is 97.7 cm³/mol. The van der Waals surface area contributed by atoms with E-state index in [1.165, 1.54) is 11.1 Å². The van der Waals surface area contributed by atoms with Gasteiger partial charge in [0.05, 0.1) is 6.54 Å². The van der Waals surface area contributed by atoms with Gasteiger partial charge in [-0.2, -0.15) is 0 Å². The van der Waals surface area contributed by atoms with Gasteiger partial charge in [0.1, 0.15) is 0 Å². The van der Waals surface area contributed by atoms with Crippen LogP contribution in [0, 0.1) is 6.92 Å². The molecule has 1 saturated carbocycles. The fourth-order valence-corrected chi connectivity index (χ4v) is 3.24. The third-order valence-corrected chi connectivity index (χ3v) is 5.03. The van der Waals surface area contributed by atoms with Gasteiger partial charge in [0.15, 0.2) is 0 Å². The molecule has 138 valence electrons. The molecule has 1 aliphatic rings. The predicted octanol–water partition coefficient (Wildman–Crippen LogP) is 2.12. The topological polar surface area (TPSA) is 72.9 Å². The van der Waals surface area contributed by atoms with E-state index in [4.69, 9.17) is 5.11 Å². The summed E-state index contributed by atoms with van der Waals surface area (Å²) in [6.45, 7) is 5.51. The molecule has 0 atom stereocenters. The summed E-state index contributed by atoms with van der Waals surface area (Å²) in [5.41, 5.74) is 2.51. The van der Waals surface area contributed by atoms with E-state index in [0.717, 1.165) is 19.3 Å². The SMILES string of the molecule is CCN(CC(=O)O)C1CC(NC(=O)N(C)CCc2ccccc2C)C1. The maximum absolute atomic E-state index is 12.3. The quantitative estimate of drug-likeness (QED) is 0.755. The van der Waals surface area contributed by atoms with Crippen LogP contribution in [0.1, 0.15) is 30.9 Å². The molecule has 0 unspecified atom stereocenters. The number of nitrogens with zero attached hydrogens (tertiary/aromatic N) is 2. The Bertz CT molecular complexity index is 599. The number of urea groups is 1. The van der Waals surface area contributed by atoms with Gasteiger partial charge >= 0.3 is 12.0 Å². The first kappa shape index (κ1) is 19.2. The number of carbonyl (C=O) groups is 2. The lowest BCUT2D eigenvalue weighted by atomic mass is 9.85. The third-order valence-electron chi connectivity index (χ3n) is 5.03. The molecule has 2 rings (SSSR count). The highest BCUT2D eigenvalue weighted by Crippen LogP contribution is 2.25. The van der Waals surface area contributed by atoms with Gasteiger partial charge in [0.25, 0.3) is 0 Å². The standard InChI is InChI=1S/C19H29N3O3/c1-4-22(13-18(23)24)17-11-16(12-17)20-19(25)21(3)10-9-15-8-6-5-7-14(15)2/h5-8,16-17H,4,9-13H2,1-3H3,(H,20,25)(H,23,24). The van der Waals surface area contributed by atoms with E-state index in [2.05, 4.69) is 24.4 Å². The fraction of sp³-hybridized carbons (Fsp3) is 0.579. The average Bonchev–Trinajstić information content (AvgIpc) is 2.54. The second kappa shape index (κ2) is 8.85. The molecule has 0 heterocycles. The van der Waals surface area contributed by atoms with Gasteiger partial charge in [0, 0.05) is 25.7 Å². The van der Waals surface area contributed by atoms with Crippen molar-refractivity contribution in [2.45, 2.75) is 45.2 Å². The van der Waals surface area contributed by atoms with Gasteiger partial charge in [-0.05, 0) is 43.9 Å². The zero-order valence-electron chi connectivity index (χ0n) is 15.4. The molecule has 6 nitrogen and oxygen atoms in total. The van der Waals surface area contributed by atoms with Crippen molar-refractivity contribution in [1.29, 1.82) is 0 Å². The monoisotopic (exact) mass is 347 g/mol. The number of carboxylic acid groups (broad SMARTS) is 1. The second-order valence-corrected chi connectivity index (χ2v) is 6.83. The number of amides is 2. The first-order chi connectivity index (χ1) is 11.9. The van der Waals surface area contributed by atoms with Crippen LogP contribution >= 0.6 is 0 Å². The van der Waals surface area contributed by atoms with Crippen molar-refractivity contribution in [3.05, 3.63) is 35.4 Å². The Morgan fingerprint density at radius 3 is 2.56 bits per heavy atom. The molecule has 2 amide bonds. The molecule has 2 N–H and O–H groups in total. The minimum atomic E-state index is -0.801. The molecule has 6 heteroatoms. The van der Waals surface area contributed by atoms with Crippen molar-refractivity contribution in [2.24, 2.45) is 0 Å². The largest absolute Gasteiger partial charge is 0.480 e. The van der Waals surface area contributed by atoms with E-state index in [-0.39, 0.29) is 24.7 Å². The number of hydrogen-bond donors (Lipinski definition) is 2. The highest BCUT2D eigenvalue weighted by Gasteiger charge is 2.35. The third kappa shape index (κ3) is 5.46. The number of benzene rings is 1. The van der Waals surface area contributed by atoms with Gasteiger partial charge in [-0.15, -0.1) is 0 Å². The number of aliphatic carboxylic acids is 1. The molecule has 25 heavy (non-hydrogen) atoms. The Kier molecular flexibility index (Phi) is 6.82. The lowest BCUT2D eigenvalue weighted by Gasteiger charge is -2.42. The molecule has 0 bridgehead atoms. The summed E-state index contributed by atoms with van der Waals surface area (Å²) in [5, 5.41) is 12.0. The molecule has 0 aliphatic heterocycles. The fourth-order valence-electron chi connectivity index (χ4n) is 3.24. The first-order valence-electron chi connectivity index (χ1n) is 8.92. The number of nitrogens with one attached hydrogen (secondary N) is 1. The smallest absolute Gasteiger partial charge is 0.317 e. The van der Waals surface area contributed by atoms with Crippen LogP contribution in [0.5, 0.6) is 0 Å². The number of likely N-dealkylation sites (N-methyl/N-ethyl adjacent to an activating group) is 2. The number of aryl methyl sites for hydroxylation is 1. The Morgan fingerprint density at radius 2 is 1.96 bits per heavy atom. The molecule has 1 fully saturated rings. The molecular weight excluding hydrogens is 318 g/mol. The molecule has 0 spiro atoms. The number of hydrogen-bond acceptors (Lipinski definition) is 3. The lowest BCUT2D eigenvalue weighted by molar-refractivity contribution is -0.139. The summed E-state index contributed by atoms with van der Waals surface area (Å²) in [6, 6.07) is 8.56. The molecular formula is C19H29N3O3. The second-order valence-electron chi connectivity index (χ2n) is 6.83. The summed E-state index contributed by atoms with van der Waals surface area (Å²) >= 11 is 0. The Hall–Kier alpha value is -2.08. The van der Waals surface area contributed by atoms with Crippen LogP contribution in [-0.2, 0) is 11.2 Å². The maximum atomic E-state index is 12.3. The molecule has 1 aromatic carbocycles. The van der Waals surface area contributed by atoms with Crippen molar-refractivity contribution < 1.29 is 14.7 Å². The van der Waals surface area contributed by atoms with Gasteiger partial charge in [-0.25, -0.2) is 4.79 Å². The average molecular weight is 347 g/mol. The first-order valence-corrected chi connectivity index (χ1v) is 8.92. The molecule has 1 aliphatic carbocycles. The molecule has 1 aromatic rings. The van der Waals surface area contributed by atoms with Crippen LogP contribution in [0.3, 0.4) is 0 Å². The van der Waals surface area contributed by atoms with E-state index < -0.39 is 5.97 Å². The van der Waals surface area contributed by atoms with E-state index >= 15 is 0 Å². The maximum Gasteiger partial charge on any atom is 0.317 e. The van der Waals surface area contributed by atoms with Crippen molar-refractivity contribution in [2.75, 3.05) is 26.7 Å². The lowest BCUT2D eigenvalue weighted by Crippen LogP contribution is -2.56. The number of carboxylic acids is 1. The minimum Gasteiger partial charge on any atom is -0.480 e. The summed E-state index contributed by atoms with van der Waals surface area (Å²) in [4.78, 5) is 26.8. The van der Waals surface area contributed by atoms with Crippen LogP contribution in [0.2, 0.25) is 0 Å². The van der Waals surface area contributed by atoms with Crippen LogP contribution < -0.4 is 5.32 Å².